The maximum absolute atomic E-state index is 12.2. The minimum Gasteiger partial charge on any atom is -0.478 e. The molecule has 0 spiro atoms. The van der Waals surface area contributed by atoms with Gasteiger partial charge in [-0.05, 0) is 29.8 Å². The predicted molar refractivity (Wildman–Crippen MR) is 79.9 cm³/mol. The number of aromatic nitrogens is 1. The third kappa shape index (κ3) is 2.84. The Morgan fingerprint density at radius 1 is 1.18 bits per heavy atom. The van der Waals surface area contributed by atoms with Crippen molar-refractivity contribution in [1.82, 2.24) is 4.98 Å². The number of carboxylic acid groups (broad SMARTS) is 1. The van der Waals surface area contributed by atoms with E-state index in [2.05, 4.69) is 9.71 Å². The van der Waals surface area contributed by atoms with Crippen LogP contribution in [0.2, 0.25) is 0 Å². The monoisotopic (exact) mass is 316 g/mol. The van der Waals surface area contributed by atoms with E-state index in [1.54, 1.807) is 36.5 Å². The lowest BCUT2D eigenvalue weighted by Gasteiger charge is -2.08. The molecule has 0 unspecified atom stereocenters. The number of anilines is 1. The molecule has 112 valence electrons. The Labute approximate surface area is 127 Å². The molecule has 1 aliphatic carbocycles. The van der Waals surface area contributed by atoms with Gasteiger partial charge in [-0.1, -0.05) is 18.2 Å². The van der Waals surface area contributed by atoms with Crippen LogP contribution >= 0.6 is 0 Å². The van der Waals surface area contributed by atoms with Crippen molar-refractivity contribution in [3.8, 4) is 0 Å². The van der Waals surface area contributed by atoms with Crippen molar-refractivity contribution in [2.45, 2.75) is 10.8 Å². The molecule has 3 rings (SSSR count). The van der Waals surface area contributed by atoms with Crippen LogP contribution in [0.3, 0.4) is 0 Å². The van der Waals surface area contributed by atoms with E-state index >= 15 is 0 Å². The quantitative estimate of drug-likeness (QED) is 0.879. The fourth-order valence-electron chi connectivity index (χ4n) is 2.10. The number of allylic oxidation sites excluding steroid dienone is 1. The Hall–Kier alpha value is -2.67. The first-order chi connectivity index (χ1) is 10.5. The van der Waals surface area contributed by atoms with Crippen LogP contribution < -0.4 is 4.72 Å². The molecular formula is C15H12N2O4S. The molecule has 6 nitrogen and oxygen atoms in total. The standard InChI is InChI=1S/C15H12N2O4S/c18-15(19)14-8-13(14)10-3-5-12(6-4-10)22(20,21)17-11-2-1-7-16-9-11/h1-9,13,17H,(H,18,19)/t13-/m0/s1. The summed E-state index contributed by atoms with van der Waals surface area (Å²) >= 11 is 0. The minimum atomic E-state index is -3.69. The zero-order valence-electron chi connectivity index (χ0n) is 11.3. The normalized spacial score (nSPS) is 16.7. The van der Waals surface area contributed by atoms with Gasteiger partial charge >= 0.3 is 5.97 Å². The molecule has 0 radical (unpaired) electrons. The van der Waals surface area contributed by atoms with Gasteiger partial charge in [0.25, 0.3) is 10.0 Å². The number of pyridine rings is 1. The van der Waals surface area contributed by atoms with Gasteiger partial charge in [-0.3, -0.25) is 9.71 Å². The van der Waals surface area contributed by atoms with E-state index < -0.39 is 16.0 Å². The first-order valence-corrected chi connectivity index (χ1v) is 7.93. The second-order valence-corrected chi connectivity index (χ2v) is 6.50. The molecule has 1 atom stereocenters. The molecule has 2 N–H and O–H groups in total. The van der Waals surface area contributed by atoms with Gasteiger partial charge in [0.05, 0.1) is 16.8 Å². The van der Waals surface area contributed by atoms with E-state index in [9.17, 15) is 13.2 Å². The van der Waals surface area contributed by atoms with Crippen molar-refractivity contribution >= 4 is 21.7 Å². The van der Waals surface area contributed by atoms with Crippen molar-refractivity contribution in [3.05, 3.63) is 66.0 Å². The third-order valence-electron chi connectivity index (χ3n) is 3.28. The number of carboxylic acids is 1. The van der Waals surface area contributed by atoms with Gasteiger partial charge in [0.2, 0.25) is 0 Å². The van der Waals surface area contributed by atoms with Gasteiger partial charge in [-0.2, -0.15) is 0 Å². The highest BCUT2D eigenvalue weighted by Gasteiger charge is 2.32. The van der Waals surface area contributed by atoms with Gasteiger partial charge in [0, 0.05) is 17.7 Å². The van der Waals surface area contributed by atoms with Crippen LogP contribution in [-0.2, 0) is 14.8 Å². The SMILES string of the molecule is O=C(O)C1=C[C@H]1c1ccc(S(=O)(=O)Nc2cccnc2)cc1. The number of hydrogen-bond donors (Lipinski definition) is 2. The largest absolute Gasteiger partial charge is 0.478 e. The summed E-state index contributed by atoms with van der Waals surface area (Å²) in [5.41, 5.74) is 1.48. The average Bonchev–Trinajstić information content (AvgIpc) is 3.29. The molecule has 0 fully saturated rings. The topological polar surface area (TPSA) is 96.4 Å². The van der Waals surface area contributed by atoms with E-state index in [0.29, 0.717) is 11.3 Å². The Morgan fingerprint density at radius 2 is 1.91 bits per heavy atom. The molecular weight excluding hydrogens is 304 g/mol. The smallest absolute Gasteiger partial charge is 0.332 e. The van der Waals surface area contributed by atoms with Crippen LogP contribution in [0.1, 0.15) is 11.5 Å². The zero-order chi connectivity index (χ0) is 15.7. The molecule has 0 saturated heterocycles. The van der Waals surface area contributed by atoms with Crippen LogP contribution in [0.5, 0.6) is 0 Å². The zero-order valence-corrected chi connectivity index (χ0v) is 12.1. The van der Waals surface area contributed by atoms with Gasteiger partial charge in [0.15, 0.2) is 0 Å². The number of aliphatic carboxylic acids is 1. The number of nitrogens with zero attached hydrogens (tertiary/aromatic N) is 1. The number of benzene rings is 1. The highest BCUT2D eigenvalue weighted by atomic mass is 32.2. The lowest BCUT2D eigenvalue weighted by Crippen LogP contribution is -2.13. The number of nitrogens with one attached hydrogen (secondary N) is 1. The summed E-state index contributed by atoms with van der Waals surface area (Å²) in [5, 5.41) is 8.85. The van der Waals surface area contributed by atoms with Crippen molar-refractivity contribution in [2.75, 3.05) is 4.72 Å². The second-order valence-electron chi connectivity index (χ2n) is 4.82. The second kappa shape index (κ2) is 5.27. The summed E-state index contributed by atoms with van der Waals surface area (Å²) in [7, 11) is -3.69. The van der Waals surface area contributed by atoms with Gasteiger partial charge in [-0.15, -0.1) is 0 Å². The third-order valence-corrected chi connectivity index (χ3v) is 4.68. The Morgan fingerprint density at radius 3 is 2.45 bits per heavy atom. The molecule has 1 aromatic carbocycles. The lowest BCUT2D eigenvalue weighted by atomic mass is 10.1. The maximum Gasteiger partial charge on any atom is 0.332 e. The summed E-state index contributed by atoms with van der Waals surface area (Å²) in [6.07, 6.45) is 4.59. The number of sulfonamides is 1. The molecule has 1 aromatic heterocycles. The first kappa shape index (κ1) is 14.3. The number of hydrogen-bond acceptors (Lipinski definition) is 4. The molecule has 2 aromatic rings. The van der Waals surface area contributed by atoms with Crippen molar-refractivity contribution < 1.29 is 18.3 Å². The van der Waals surface area contributed by atoms with Gasteiger partial charge < -0.3 is 5.11 Å². The Balaban J connectivity index is 1.77. The van der Waals surface area contributed by atoms with E-state index in [-0.39, 0.29) is 10.8 Å². The lowest BCUT2D eigenvalue weighted by molar-refractivity contribution is -0.132. The minimum absolute atomic E-state index is 0.109. The number of carbonyl (C=O) groups is 1. The Bertz CT molecular complexity index is 843. The summed E-state index contributed by atoms with van der Waals surface area (Å²) < 4.78 is 26.9. The van der Waals surface area contributed by atoms with Crippen molar-refractivity contribution in [3.63, 3.8) is 0 Å². The molecule has 1 aliphatic rings. The highest BCUT2D eigenvalue weighted by molar-refractivity contribution is 7.92. The Kier molecular flexibility index (Phi) is 3.42. The molecule has 0 bridgehead atoms. The van der Waals surface area contributed by atoms with Crippen LogP contribution in [0.4, 0.5) is 5.69 Å². The van der Waals surface area contributed by atoms with Crippen LogP contribution in [0.25, 0.3) is 0 Å². The average molecular weight is 316 g/mol. The maximum atomic E-state index is 12.2. The van der Waals surface area contributed by atoms with Gasteiger partial charge in [0.1, 0.15) is 0 Å². The highest BCUT2D eigenvalue weighted by Crippen LogP contribution is 2.39. The van der Waals surface area contributed by atoms with Crippen molar-refractivity contribution in [2.24, 2.45) is 0 Å². The van der Waals surface area contributed by atoms with E-state index in [4.69, 9.17) is 5.11 Å². The summed E-state index contributed by atoms with van der Waals surface area (Å²) in [6, 6.07) is 9.39. The molecule has 0 amide bonds. The summed E-state index contributed by atoms with van der Waals surface area (Å²) in [6.45, 7) is 0. The number of rotatable bonds is 5. The molecule has 0 saturated carbocycles. The molecule has 0 aliphatic heterocycles. The van der Waals surface area contributed by atoms with Crippen LogP contribution in [-0.4, -0.2) is 24.5 Å². The van der Waals surface area contributed by atoms with E-state index in [1.165, 1.54) is 18.3 Å². The summed E-state index contributed by atoms with van der Waals surface area (Å²) in [4.78, 5) is 14.7. The fourth-order valence-corrected chi connectivity index (χ4v) is 3.15. The van der Waals surface area contributed by atoms with E-state index in [0.717, 1.165) is 5.56 Å². The predicted octanol–water partition coefficient (Wildman–Crippen LogP) is 1.99. The van der Waals surface area contributed by atoms with Crippen LogP contribution in [0.15, 0.2) is 65.3 Å². The van der Waals surface area contributed by atoms with E-state index in [1.807, 2.05) is 0 Å². The fraction of sp³-hybridized carbons (Fsp3) is 0.0667. The molecule has 1 heterocycles. The molecule has 7 heteroatoms. The van der Waals surface area contributed by atoms with Crippen molar-refractivity contribution in [1.29, 1.82) is 0 Å². The first-order valence-electron chi connectivity index (χ1n) is 6.45. The van der Waals surface area contributed by atoms with Crippen LogP contribution in [0, 0.1) is 0 Å². The molecule has 22 heavy (non-hydrogen) atoms. The summed E-state index contributed by atoms with van der Waals surface area (Å²) in [5.74, 6) is -1.17. The van der Waals surface area contributed by atoms with Gasteiger partial charge in [-0.25, -0.2) is 13.2 Å².